The lowest BCUT2D eigenvalue weighted by Crippen LogP contribution is -2.41. The second-order valence-electron chi connectivity index (χ2n) is 9.34. The van der Waals surface area contributed by atoms with Crippen LogP contribution in [0.15, 0.2) is 0 Å². The van der Waals surface area contributed by atoms with Gasteiger partial charge in [0.15, 0.2) is 0 Å². The minimum absolute atomic E-state index is 0.00134. The predicted molar refractivity (Wildman–Crippen MR) is 120 cm³/mol. The molecule has 0 saturated carbocycles. The summed E-state index contributed by atoms with van der Waals surface area (Å²) in [6.45, 7) is 9.24. The lowest BCUT2D eigenvalue weighted by Gasteiger charge is -2.25. The average molecular weight is 442 g/mol. The van der Waals surface area contributed by atoms with E-state index < -0.39 is 12.1 Å². The number of Topliss-reactive ketones (excluding diaryl/α,β-unsaturated/α-hetero) is 1. The number of aliphatic hydroxyl groups is 1. The van der Waals surface area contributed by atoms with Gasteiger partial charge >= 0.3 is 0 Å². The van der Waals surface area contributed by atoms with Gasteiger partial charge in [-0.25, -0.2) is 0 Å². The van der Waals surface area contributed by atoms with Crippen LogP contribution in [0.4, 0.5) is 0 Å². The Bertz CT molecular complexity index is 567. The van der Waals surface area contributed by atoms with Crippen LogP contribution in [-0.2, 0) is 19.1 Å². The summed E-state index contributed by atoms with van der Waals surface area (Å²) < 4.78 is 5.60. The summed E-state index contributed by atoms with van der Waals surface area (Å²) >= 11 is 0. The molecule has 0 radical (unpaired) electrons. The number of amides is 2. The van der Waals surface area contributed by atoms with Crippen molar-refractivity contribution in [2.24, 2.45) is 11.7 Å². The monoisotopic (exact) mass is 441 g/mol. The van der Waals surface area contributed by atoms with Crippen LogP contribution < -0.4 is 11.1 Å². The van der Waals surface area contributed by atoms with Crippen molar-refractivity contribution in [2.75, 3.05) is 19.7 Å². The van der Waals surface area contributed by atoms with E-state index in [2.05, 4.69) is 19.2 Å². The van der Waals surface area contributed by atoms with Crippen molar-refractivity contribution in [2.45, 2.75) is 103 Å². The fraction of sp³-hybridized carbons (Fsp3) is 0.870. The standard InChI is InChI=1S/C23H43N3O5/c1-16(2)7-5-9-21(24)23(30)25-12-6-8-19(27)10-11-22(29)26-14-20(28)13-18(26)15-31-17(3)4/h16-18,20-21,28H,5-15,24H2,1-4H3,(H,25,30)/t18-,20-,21+/m0/s1. The van der Waals surface area contributed by atoms with Crippen LogP contribution in [0, 0.1) is 5.92 Å². The molecule has 0 unspecified atom stereocenters. The number of carbonyl (C=O) groups is 3. The third kappa shape index (κ3) is 11.6. The zero-order valence-electron chi connectivity index (χ0n) is 19.8. The number of hydrogen-bond donors (Lipinski definition) is 3. The molecule has 0 aromatic rings. The van der Waals surface area contributed by atoms with Gasteiger partial charge in [-0.2, -0.15) is 0 Å². The molecule has 0 spiro atoms. The number of nitrogens with two attached hydrogens (primary N) is 1. The van der Waals surface area contributed by atoms with Crippen LogP contribution in [0.2, 0.25) is 0 Å². The molecule has 0 aromatic heterocycles. The molecule has 1 saturated heterocycles. The van der Waals surface area contributed by atoms with Crippen molar-refractivity contribution in [1.29, 1.82) is 0 Å². The Morgan fingerprint density at radius 3 is 2.45 bits per heavy atom. The van der Waals surface area contributed by atoms with Gasteiger partial charge in [-0.1, -0.05) is 26.7 Å². The minimum atomic E-state index is -0.541. The van der Waals surface area contributed by atoms with Crippen LogP contribution in [-0.4, -0.2) is 71.6 Å². The second kappa shape index (κ2) is 14.5. The van der Waals surface area contributed by atoms with Crippen LogP contribution in [0.25, 0.3) is 0 Å². The van der Waals surface area contributed by atoms with Gasteiger partial charge in [0.1, 0.15) is 5.78 Å². The third-order valence-electron chi connectivity index (χ3n) is 5.52. The number of ketones is 1. The average Bonchev–Trinajstić information content (AvgIpc) is 3.07. The molecule has 0 bridgehead atoms. The zero-order valence-corrected chi connectivity index (χ0v) is 19.8. The number of nitrogens with zero attached hydrogens (tertiary/aromatic N) is 1. The van der Waals surface area contributed by atoms with E-state index in [-0.39, 0.29) is 42.6 Å². The Labute approximate surface area is 187 Å². The van der Waals surface area contributed by atoms with Crippen LogP contribution in [0.3, 0.4) is 0 Å². The van der Waals surface area contributed by atoms with Crippen molar-refractivity contribution in [1.82, 2.24) is 10.2 Å². The lowest BCUT2D eigenvalue weighted by molar-refractivity contribution is -0.135. The summed E-state index contributed by atoms with van der Waals surface area (Å²) in [7, 11) is 0. The number of likely N-dealkylation sites (tertiary alicyclic amines) is 1. The Kier molecular flexibility index (Phi) is 12.9. The van der Waals surface area contributed by atoms with Gasteiger partial charge in [0.25, 0.3) is 0 Å². The number of rotatable bonds is 15. The first-order valence-electron chi connectivity index (χ1n) is 11.7. The molecule has 31 heavy (non-hydrogen) atoms. The summed E-state index contributed by atoms with van der Waals surface area (Å²) in [4.78, 5) is 38.3. The van der Waals surface area contributed by atoms with Crippen molar-refractivity contribution in [3.05, 3.63) is 0 Å². The molecule has 2 amide bonds. The van der Waals surface area contributed by atoms with Gasteiger partial charge in [0.2, 0.25) is 11.8 Å². The van der Waals surface area contributed by atoms with Crippen LogP contribution in [0.1, 0.15) is 79.1 Å². The van der Waals surface area contributed by atoms with E-state index in [1.54, 1.807) is 4.90 Å². The molecule has 1 aliphatic heterocycles. The topological polar surface area (TPSA) is 122 Å². The number of β-amino-alcohol motifs (C(OH)–C–C–N with tert-alkyl or cyclic N) is 1. The summed E-state index contributed by atoms with van der Waals surface area (Å²) in [5.74, 6) is 0.304. The lowest BCUT2D eigenvalue weighted by atomic mass is 10.0. The van der Waals surface area contributed by atoms with Crippen molar-refractivity contribution >= 4 is 17.6 Å². The van der Waals surface area contributed by atoms with Gasteiger partial charge in [-0.15, -0.1) is 0 Å². The summed E-state index contributed by atoms with van der Waals surface area (Å²) in [5.41, 5.74) is 5.90. The SMILES string of the molecule is CC(C)CCC[C@@H](N)C(=O)NCCCC(=O)CCC(=O)N1C[C@@H](O)C[C@H]1COC(C)C. The van der Waals surface area contributed by atoms with E-state index >= 15 is 0 Å². The third-order valence-corrected chi connectivity index (χ3v) is 5.52. The van der Waals surface area contributed by atoms with Crippen molar-refractivity contribution in [3.8, 4) is 0 Å². The smallest absolute Gasteiger partial charge is 0.236 e. The Morgan fingerprint density at radius 1 is 1.10 bits per heavy atom. The highest BCUT2D eigenvalue weighted by molar-refractivity contribution is 5.85. The fourth-order valence-corrected chi connectivity index (χ4v) is 3.68. The first-order valence-corrected chi connectivity index (χ1v) is 11.7. The van der Waals surface area contributed by atoms with E-state index in [4.69, 9.17) is 10.5 Å². The second-order valence-corrected chi connectivity index (χ2v) is 9.34. The number of aliphatic hydroxyl groups excluding tert-OH is 1. The summed E-state index contributed by atoms with van der Waals surface area (Å²) in [5, 5.41) is 12.7. The Morgan fingerprint density at radius 2 is 1.81 bits per heavy atom. The maximum atomic E-state index is 12.5. The number of hydrogen-bond acceptors (Lipinski definition) is 6. The molecular formula is C23H43N3O5. The molecular weight excluding hydrogens is 398 g/mol. The van der Waals surface area contributed by atoms with E-state index in [1.165, 1.54) is 0 Å². The largest absolute Gasteiger partial charge is 0.391 e. The van der Waals surface area contributed by atoms with Gasteiger partial charge in [0, 0.05) is 32.4 Å². The molecule has 0 aromatic carbocycles. The molecule has 180 valence electrons. The molecule has 1 aliphatic rings. The van der Waals surface area contributed by atoms with E-state index in [0.717, 1.165) is 12.8 Å². The molecule has 8 heteroatoms. The van der Waals surface area contributed by atoms with E-state index in [1.807, 2.05) is 13.8 Å². The number of nitrogens with one attached hydrogen (secondary N) is 1. The normalized spacial score (nSPS) is 19.8. The molecule has 0 aliphatic carbocycles. The Balaban J connectivity index is 2.22. The van der Waals surface area contributed by atoms with Gasteiger partial charge in [0.05, 0.1) is 30.9 Å². The first kappa shape index (κ1) is 27.5. The highest BCUT2D eigenvalue weighted by Crippen LogP contribution is 2.20. The molecule has 3 atom stereocenters. The molecule has 1 fully saturated rings. The fourth-order valence-electron chi connectivity index (χ4n) is 3.68. The highest BCUT2D eigenvalue weighted by atomic mass is 16.5. The van der Waals surface area contributed by atoms with E-state index in [9.17, 15) is 19.5 Å². The quantitative estimate of drug-likeness (QED) is 0.333. The van der Waals surface area contributed by atoms with Gasteiger partial charge < -0.3 is 25.8 Å². The maximum Gasteiger partial charge on any atom is 0.236 e. The minimum Gasteiger partial charge on any atom is -0.391 e. The van der Waals surface area contributed by atoms with Gasteiger partial charge in [-0.3, -0.25) is 14.4 Å². The summed E-state index contributed by atoms with van der Waals surface area (Å²) in [6, 6.07) is -0.643. The summed E-state index contributed by atoms with van der Waals surface area (Å²) in [6.07, 6.45) is 3.83. The van der Waals surface area contributed by atoms with Crippen LogP contribution >= 0.6 is 0 Å². The Hall–Kier alpha value is -1.51. The maximum absolute atomic E-state index is 12.5. The highest BCUT2D eigenvalue weighted by Gasteiger charge is 2.34. The molecule has 4 N–H and O–H groups in total. The first-order chi connectivity index (χ1) is 14.6. The van der Waals surface area contributed by atoms with E-state index in [0.29, 0.717) is 51.3 Å². The van der Waals surface area contributed by atoms with Crippen LogP contribution in [0.5, 0.6) is 0 Å². The number of ether oxygens (including phenoxy) is 1. The molecule has 1 heterocycles. The zero-order chi connectivity index (χ0) is 23.4. The molecule has 1 rings (SSSR count). The molecule has 8 nitrogen and oxygen atoms in total. The van der Waals surface area contributed by atoms with Gasteiger partial charge in [-0.05, 0) is 39.0 Å². The van der Waals surface area contributed by atoms with Crippen molar-refractivity contribution < 1.29 is 24.2 Å². The number of carbonyl (C=O) groups excluding carboxylic acids is 3. The predicted octanol–water partition coefficient (Wildman–Crippen LogP) is 1.77. The van der Waals surface area contributed by atoms with Crippen molar-refractivity contribution in [3.63, 3.8) is 0 Å².